The average molecular weight is 473 g/mol. The number of hydrogen-bond donors (Lipinski definition) is 2. The molecule has 3 N–H and O–H groups in total. The molecule has 8 nitrogen and oxygen atoms in total. The summed E-state index contributed by atoms with van der Waals surface area (Å²) in [5.74, 6) is -1.45. The summed E-state index contributed by atoms with van der Waals surface area (Å²) in [5.41, 5.74) is 8.60. The summed E-state index contributed by atoms with van der Waals surface area (Å²) in [5, 5.41) is 3.10. The molecule has 1 aromatic heterocycles. The van der Waals surface area contributed by atoms with E-state index in [9.17, 15) is 14.4 Å². The number of aryl methyl sites for hydroxylation is 1. The minimum absolute atomic E-state index is 0.193. The average Bonchev–Trinajstić information content (AvgIpc) is 3.06. The lowest BCUT2D eigenvalue weighted by Crippen LogP contribution is -2.48. The van der Waals surface area contributed by atoms with Gasteiger partial charge in [0, 0.05) is 32.7 Å². The number of benzene rings is 1. The summed E-state index contributed by atoms with van der Waals surface area (Å²) in [6.45, 7) is 11.6. The second-order valence-electron chi connectivity index (χ2n) is 8.66. The molecule has 178 valence electrons. The van der Waals surface area contributed by atoms with Gasteiger partial charge in [0.2, 0.25) is 5.91 Å². The van der Waals surface area contributed by atoms with E-state index in [4.69, 9.17) is 10.5 Å². The summed E-state index contributed by atoms with van der Waals surface area (Å²) in [6, 6.07) is 8.55. The molecule has 0 atom stereocenters. The Hall–Kier alpha value is -2.75. The van der Waals surface area contributed by atoms with Crippen LogP contribution in [0.25, 0.3) is 0 Å². The Bertz CT molecular complexity index is 1010. The molecule has 0 bridgehead atoms. The van der Waals surface area contributed by atoms with Crippen molar-refractivity contribution in [3.05, 3.63) is 51.4 Å². The first kappa shape index (κ1) is 24.9. The molecule has 2 heterocycles. The molecule has 0 saturated carbocycles. The molecule has 2 aromatic rings. The molecular formula is C24H32N4O4S. The van der Waals surface area contributed by atoms with Gasteiger partial charge in [-0.05, 0) is 38.8 Å². The molecule has 1 aromatic carbocycles. The molecule has 33 heavy (non-hydrogen) atoms. The summed E-state index contributed by atoms with van der Waals surface area (Å²) in [6.07, 6.45) is -0.325. The molecule has 9 heteroatoms. The van der Waals surface area contributed by atoms with E-state index in [0.29, 0.717) is 10.6 Å². The number of rotatable bonds is 8. The highest BCUT2D eigenvalue weighted by molar-refractivity contribution is 7.18. The topological polar surface area (TPSA) is 105 Å². The van der Waals surface area contributed by atoms with Crippen molar-refractivity contribution in [1.82, 2.24) is 9.80 Å². The lowest BCUT2D eigenvalue weighted by atomic mass is 10.1. The zero-order chi connectivity index (χ0) is 24.1. The van der Waals surface area contributed by atoms with E-state index in [2.05, 4.69) is 46.3 Å². The van der Waals surface area contributed by atoms with E-state index in [0.717, 1.165) is 44.1 Å². The number of primary amides is 1. The number of carbonyl (C=O) groups excluding carboxylic acids is 3. The van der Waals surface area contributed by atoms with E-state index in [1.807, 2.05) is 0 Å². The van der Waals surface area contributed by atoms with Crippen LogP contribution in [0, 0.1) is 13.8 Å². The van der Waals surface area contributed by atoms with Gasteiger partial charge in [-0.3, -0.25) is 19.4 Å². The second kappa shape index (κ2) is 10.9. The first-order valence-electron chi connectivity index (χ1n) is 11.1. The summed E-state index contributed by atoms with van der Waals surface area (Å²) < 4.78 is 5.30. The number of nitrogens with two attached hydrogens (primary N) is 1. The Labute approximate surface area is 198 Å². The van der Waals surface area contributed by atoms with Crippen molar-refractivity contribution < 1.29 is 19.1 Å². The maximum atomic E-state index is 12.7. The quantitative estimate of drug-likeness (QED) is 0.573. The first-order chi connectivity index (χ1) is 15.6. The molecule has 1 aliphatic heterocycles. The molecule has 0 aliphatic carbocycles. The van der Waals surface area contributed by atoms with Crippen LogP contribution in [-0.4, -0.2) is 66.4 Å². The van der Waals surface area contributed by atoms with Crippen molar-refractivity contribution in [2.75, 3.05) is 38.0 Å². The predicted molar refractivity (Wildman–Crippen MR) is 130 cm³/mol. The number of hydrogen-bond acceptors (Lipinski definition) is 7. The highest BCUT2D eigenvalue weighted by Gasteiger charge is 2.27. The fourth-order valence-corrected chi connectivity index (χ4v) is 4.85. The van der Waals surface area contributed by atoms with Crippen LogP contribution in [0.2, 0.25) is 0 Å². The van der Waals surface area contributed by atoms with Crippen molar-refractivity contribution >= 4 is 34.1 Å². The third-order valence-corrected chi connectivity index (χ3v) is 6.75. The van der Waals surface area contributed by atoms with E-state index < -0.39 is 11.9 Å². The molecule has 3 rings (SSSR count). The predicted octanol–water partition coefficient (Wildman–Crippen LogP) is 2.79. The van der Waals surface area contributed by atoms with Crippen molar-refractivity contribution in [2.24, 2.45) is 5.73 Å². The lowest BCUT2D eigenvalue weighted by molar-refractivity contribution is -0.117. The second-order valence-corrected chi connectivity index (χ2v) is 9.69. The fourth-order valence-electron chi connectivity index (χ4n) is 3.78. The number of nitrogens with zero attached hydrogens (tertiary/aromatic N) is 2. The van der Waals surface area contributed by atoms with Crippen LogP contribution in [0.4, 0.5) is 5.00 Å². The largest absolute Gasteiger partial charge is 0.459 e. The zero-order valence-corrected chi connectivity index (χ0v) is 20.5. The molecule has 2 amide bonds. The van der Waals surface area contributed by atoms with Crippen LogP contribution in [0.15, 0.2) is 24.3 Å². The van der Waals surface area contributed by atoms with Gasteiger partial charge >= 0.3 is 5.97 Å². The molecule has 1 fully saturated rings. The number of carbonyl (C=O) groups is 3. The van der Waals surface area contributed by atoms with Crippen LogP contribution >= 0.6 is 11.3 Å². The third kappa shape index (κ3) is 6.63. The van der Waals surface area contributed by atoms with Crippen LogP contribution in [0.5, 0.6) is 0 Å². The molecular weight excluding hydrogens is 440 g/mol. The Morgan fingerprint density at radius 1 is 1.06 bits per heavy atom. The molecule has 1 aliphatic rings. The Morgan fingerprint density at radius 2 is 1.67 bits per heavy atom. The molecule has 0 unspecified atom stereocenters. The minimum atomic E-state index is -0.638. The monoisotopic (exact) mass is 472 g/mol. The van der Waals surface area contributed by atoms with Gasteiger partial charge in [-0.2, -0.15) is 0 Å². The van der Waals surface area contributed by atoms with Gasteiger partial charge in [0.1, 0.15) is 5.00 Å². The standard InChI is InChI=1S/C24H32N4O4S/c1-15(2)32-24(31)20-17(4)21(22(25)30)33-23(20)26-19(29)14-28-11-9-27(10-12-28)13-18-7-5-16(3)6-8-18/h5-8,15H,9-14H2,1-4H3,(H2,25,30)(H,26,29). The zero-order valence-electron chi connectivity index (χ0n) is 19.6. The van der Waals surface area contributed by atoms with E-state index in [1.54, 1.807) is 20.8 Å². The van der Waals surface area contributed by atoms with Gasteiger partial charge in [0.25, 0.3) is 5.91 Å². The summed E-state index contributed by atoms with van der Waals surface area (Å²) in [7, 11) is 0. The first-order valence-corrected chi connectivity index (χ1v) is 11.9. The van der Waals surface area contributed by atoms with E-state index >= 15 is 0 Å². The van der Waals surface area contributed by atoms with Crippen LogP contribution in [-0.2, 0) is 16.1 Å². The van der Waals surface area contributed by atoms with Gasteiger partial charge in [0.05, 0.1) is 23.1 Å². The third-order valence-electron chi connectivity index (χ3n) is 5.53. The van der Waals surface area contributed by atoms with Gasteiger partial charge in [0.15, 0.2) is 0 Å². The summed E-state index contributed by atoms with van der Waals surface area (Å²) in [4.78, 5) is 41.8. The number of nitrogens with one attached hydrogen (secondary N) is 1. The van der Waals surface area contributed by atoms with Crippen LogP contribution in [0.3, 0.4) is 0 Å². The van der Waals surface area contributed by atoms with Crippen LogP contribution < -0.4 is 11.1 Å². The molecule has 0 radical (unpaired) electrons. The SMILES string of the molecule is Cc1ccc(CN2CCN(CC(=O)Nc3sc(C(N)=O)c(C)c3C(=O)OC(C)C)CC2)cc1. The number of ether oxygens (including phenoxy) is 1. The molecule has 1 saturated heterocycles. The van der Waals surface area contributed by atoms with Gasteiger partial charge in [-0.1, -0.05) is 29.8 Å². The number of thiophene rings is 1. The van der Waals surface area contributed by atoms with Crippen molar-refractivity contribution in [3.8, 4) is 0 Å². The van der Waals surface area contributed by atoms with Crippen molar-refractivity contribution in [1.29, 1.82) is 0 Å². The Morgan fingerprint density at radius 3 is 2.24 bits per heavy atom. The van der Waals surface area contributed by atoms with Gasteiger partial charge in [-0.15, -0.1) is 11.3 Å². The smallest absolute Gasteiger partial charge is 0.341 e. The highest BCUT2D eigenvalue weighted by Crippen LogP contribution is 2.33. The maximum absolute atomic E-state index is 12.7. The number of amides is 2. The van der Waals surface area contributed by atoms with Crippen molar-refractivity contribution in [3.63, 3.8) is 0 Å². The lowest BCUT2D eigenvalue weighted by Gasteiger charge is -2.34. The van der Waals surface area contributed by atoms with Crippen molar-refractivity contribution in [2.45, 2.75) is 40.3 Å². The normalized spacial score (nSPS) is 14.9. The number of esters is 1. The van der Waals surface area contributed by atoms with E-state index in [1.165, 1.54) is 11.1 Å². The number of piperazine rings is 1. The Kier molecular flexibility index (Phi) is 8.23. The highest BCUT2D eigenvalue weighted by atomic mass is 32.1. The molecule has 0 spiro atoms. The van der Waals surface area contributed by atoms with Gasteiger partial charge in [-0.25, -0.2) is 4.79 Å². The minimum Gasteiger partial charge on any atom is -0.459 e. The fraction of sp³-hybridized carbons (Fsp3) is 0.458. The van der Waals surface area contributed by atoms with E-state index in [-0.39, 0.29) is 29.0 Å². The van der Waals surface area contributed by atoms with Crippen LogP contribution in [0.1, 0.15) is 50.6 Å². The van der Waals surface area contributed by atoms with Gasteiger partial charge < -0.3 is 15.8 Å². The Balaban J connectivity index is 1.58. The number of anilines is 1. The maximum Gasteiger partial charge on any atom is 0.341 e. The summed E-state index contributed by atoms with van der Waals surface area (Å²) >= 11 is 1.01.